The third-order valence-electron chi connectivity index (χ3n) is 3.16. The van der Waals surface area contributed by atoms with Gasteiger partial charge in [-0.15, -0.1) is 0 Å². The summed E-state index contributed by atoms with van der Waals surface area (Å²) in [6, 6.07) is 1.11. The molecule has 82 valence electrons. The minimum atomic E-state index is -0.383. The Morgan fingerprint density at radius 1 is 1.29 bits per heavy atom. The van der Waals surface area contributed by atoms with Crippen LogP contribution in [0, 0.1) is 5.92 Å². The van der Waals surface area contributed by atoms with Crippen molar-refractivity contribution in [2.75, 3.05) is 13.2 Å². The van der Waals surface area contributed by atoms with E-state index in [0.29, 0.717) is 6.04 Å². The predicted octanol–water partition coefficient (Wildman–Crippen LogP) is 1.53. The maximum Gasteiger partial charge on any atom is 0.162 e. The number of rotatable bonds is 3. The first-order valence-corrected chi connectivity index (χ1v) is 5.64. The van der Waals surface area contributed by atoms with Crippen molar-refractivity contribution in [1.82, 2.24) is 5.32 Å². The summed E-state index contributed by atoms with van der Waals surface area (Å²) in [7, 11) is 0. The molecule has 2 aliphatic rings. The van der Waals surface area contributed by atoms with Gasteiger partial charge in [0.2, 0.25) is 0 Å². The SMILES string of the molecule is CCC1CC1NC1COC(C)(C)OC1. The van der Waals surface area contributed by atoms with Gasteiger partial charge in [0, 0.05) is 6.04 Å². The molecule has 2 fully saturated rings. The van der Waals surface area contributed by atoms with Gasteiger partial charge in [-0.2, -0.15) is 0 Å². The van der Waals surface area contributed by atoms with E-state index in [1.54, 1.807) is 0 Å². The second kappa shape index (κ2) is 3.80. The van der Waals surface area contributed by atoms with Gasteiger partial charge in [-0.1, -0.05) is 13.3 Å². The summed E-state index contributed by atoms with van der Waals surface area (Å²) < 4.78 is 11.2. The van der Waals surface area contributed by atoms with Gasteiger partial charge in [-0.25, -0.2) is 0 Å². The Hall–Kier alpha value is -0.120. The molecule has 3 heteroatoms. The Labute approximate surface area is 86.2 Å². The van der Waals surface area contributed by atoms with Crippen LogP contribution < -0.4 is 5.32 Å². The minimum Gasteiger partial charge on any atom is -0.349 e. The largest absolute Gasteiger partial charge is 0.349 e. The molecule has 2 rings (SSSR count). The Morgan fingerprint density at radius 2 is 1.93 bits per heavy atom. The van der Waals surface area contributed by atoms with E-state index in [2.05, 4.69) is 12.2 Å². The van der Waals surface area contributed by atoms with Crippen LogP contribution in [-0.4, -0.2) is 31.1 Å². The highest BCUT2D eigenvalue weighted by atomic mass is 16.7. The summed E-state index contributed by atoms with van der Waals surface area (Å²) in [6.07, 6.45) is 2.62. The normalized spacial score (nSPS) is 37.1. The summed E-state index contributed by atoms with van der Waals surface area (Å²) in [6.45, 7) is 7.74. The molecular formula is C11H21NO2. The standard InChI is InChI=1S/C11H21NO2/c1-4-8-5-10(8)12-9-6-13-11(2,3)14-7-9/h8-10,12H,4-7H2,1-3H3. The van der Waals surface area contributed by atoms with Crippen LogP contribution >= 0.6 is 0 Å². The molecule has 14 heavy (non-hydrogen) atoms. The monoisotopic (exact) mass is 199 g/mol. The van der Waals surface area contributed by atoms with Crippen LogP contribution in [0.5, 0.6) is 0 Å². The molecule has 1 aliphatic heterocycles. The molecule has 0 spiro atoms. The lowest BCUT2D eigenvalue weighted by atomic mass is 10.2. The van der Waals surface area contributed by atoms with Crippen molar-refractivity contribution >= 4 is 0 Å². The lowest BCUT2D eigenvalue weighted by Gasteiger charge is -2.35. The second-order valence-electron chi connectivity index (χ2n) is 4.90. The van der Waals surface area contributed by atoms with Gasteiger partial charge in [0.1, 0.15) is 0 Å². The van der Waals surface area contributed by atoms with E-state index >= 15 is 0 Å². The molecule has 0 bridgehead atoms. The van der Waals surface area contributed by atoms with E-state index in [-0.39, 0.29) is 5.79 Å². The maximum atomic E-state index is 5.59. The minimum absolute atomic E-state index is 0.383. The molecule has 0 amide bonds. The highest BCUT2D eigenvalue weighted by Crippen LogP contribution is 2.34. The van der Waals surface area contributed by atoms with E-state index in [1.807, 2.05) is 13.8 Å². The van der Waals surface area contributed by atoms with Crippen LogP contribution in [0.25, 0.3) is 0 Å². The zero-order chi connectivity index (χ0) is 10.2. The number of ether oxygens (including phenoxy) is 2. The average Bonchev–Trinajstić information content (AvgIpc) is 2.88. The number of hydrogen-bond donors (Lipinski definition) is 1. The van der Waals surface area contributed by atoms with Gasteiger partial charge < -0.3 is 14.8 Å². The van der Waals surface area contributed by atoms with Crippen molar-refractivity contribution in [2.24, 2.45) is 5.92 Å². The van der Waals surface area contributed by atoms with E-state index < -0.39 is 0 Å². The van der Waals surface area contributed by atoms with Crippen molar-refractivity contribution in [3.8, 4) is 0 Å². The van der Waals surface area contributed by atoms with Crippen molar-refractivity contribution in [3.63, 3.8) is 0 Å². The lowest BCUT2D eigenvalue weighted by Crippen LogP contribution is -2.49. The van der Waals surface area contributed by atoms with E-state index in [9.17, 15) is 0 Å². The fourth-order valence-corrected chi connectivity index (χ4v) is 1.99. The number of hydrogen-bond acceptors (Lipinski definition) is 3. The van der Waals surface area contributed by atoms with Crippen LogP contribution in [0.1, 0.15) is 33.6 Å². The zero-order valence-electron chi connectivity index (χ0n) is 9.38. The molecule has 1 aliphatic carbocycles. The fraction of sp³-hybridized carbons (Fsp3) is 1.00. The maximum absolute atomic E-state index is 5.59. The van der Waals surface area contributed by atoms with Gasteiger partial charge >= 0.3 is 0 Å². The first-order chi connectivity index (χ1) is 6.61. The van der Waals surface area contributed by atoms with Crippen LogP contribution in [0.4, 0.5) is 0 Å². The highest BCUT2D eigenvalue weighted by Gasteiger charge is 2.38. The zero-order valence-corrected chi connectivity index (χ0v) is 9.38. The third kappa shape index (κ3) is 2.47. The molecular weight excluding hydrogens is 178 g/mol. The Kier molecular flexibility index (Phi) is 2.82. The molecule has 3 nitrogen and oxygen atoms in total. The van der Waals surface area contributed by atoms with Gasteiger partial charge in [-0.3, -0.25) is 0 Å². The van der Waals surface area contributed by atoms with Gasteiger partial charge in [0.15, 0.2) is 5.79 Å². The molecule has 2 atom stereocenters. The molecule has 0 aromatic carbocycles. The summed E-state index contributed by atoms with van der Waals surface area (Å²) in [5, 5.41) is 3.58. The van der Waals surface area contributed by atoms with Crippen LogP contribution in [0.2, 0.25) is 0 Å². The highest BCUT2D eigenvalue weighted by molar-refractivity contribution is 4.94. The van der Waals surface area contributed by atoms with Crippen LogP contribution in [0.3, 0.4) is 0 Å². The van der Waals surface area contributed by atoms with Crippen LogP contribution in [-0.2, 0) is 9.47 Å². The van der Waals surface area contributed by atoms with Crippen molar-refractivity contribution in [2.45, 2.75) is 51.5 Å². The van der Waals surface area contributed by atoms with E-state index in [0.717, 1.165) is 25.2 Å². The fourth-order valence-electron chi connectivity index (χ4n) is 1.99. The summed E-state index contributed by atoms with van der Waals surface area (Å²) in [5.74, 6) is 0.510. The topological polar surface area (TPSA) is 30.5 Å². The third-order valence-corrected chi connectivity index (χ3v) is 3.16. The smallest absolute Gasteiger partial charge is 0.162 e. The average molecular weight is 199 g/mol. The van der Waals surface area contributed by atoms with Crippen molar-refractivity contribution < 1.29 is 9.47 Å². The van der Waals surface area contributed by atoms with E-state index in [1.165, 1.54) is 12.8 Å². The van der Waals surface area contributed by atoms with Gasteiger partial charge in [0.25, 0.3) is 0 Å². The molecule has 0 aromatic rings. The summed E-state index contributed by atoms with van der Waals surface area (Å²) in [4.78, 5) is 0. The predicted molar refractivity (Wildman–Crippen MR) is 55.1 cm³/mol. The van der Waals surface area contributed by atoms with E-state index in [4.69, 9.17) is 9.47 Å². The molecule has 0 aromatic heterocycles. The lowest BCUT2D eigenvalue weighted by molar-refractivity contribution is -0.253. The Morgan fingerprint density at radius 3 is 2.43 bits per heavy atom. The molecule has 1 saturated carbocycles. The quantitative estimate of drug-likeness (QED) is 0.747. The molecule has 1 saturated heterocycles. The molecule has 1 N–H and O–H groups in total. The molecule has 2 unspecified atom stereocenters. The first kappa shape index (κ1) is 10.4. The van der Waals surface area contributed by atoms with Crippen molar-refractivity contribution in [3.05, 3.63) is 0 Å². The van der Waals surface area contributed by atoms with Crippen LogP contribution in [0.15, 0.2) is 0 Å². The molecule has 1 heterocycles. The van der Waals surface area contributed by atoms with Crippen molar-refractivity contribution in [1.29, 1.82) is 0 Å². The second-order valence-corrected chi connectivity index (χ2v) is 4.90. The van der Waals surface area contributed by atoms with Gasteiger partial charge in [0.05, 0.1) is 19.3 Å². The Bertz CT molecular complexity index is 195. The molecule has 0 radical (unpaired) electrons. The Balaban J connectivity index is 1.69. The van der Waals surface area contributed by atoms with Gasteiger partial charge in [-0.05, 0) is 26.2 Å². The summed E-state index contributed by atoms with van der Waals surface area (Å²) >= 11 is 0. The summed E-state index contributed by atoms with van der Waals surface area (Å²) in [5.41, 5.74) is 0. The number of nitrogens with one attached hydrogen (secondary N) is 1. The first-order valence-electron chi connectivity index (χ1n) is 5.64.